The summed E-state index contributed by atoms with van der Waals surface area (Å²) < 4.78 is 0. The maximum atomic E-state index is 2.55. The van der Waals surface area contributed by atoms with E-state index in [1.165, 1.54) is 38.9 Å². The monoisotopic (exact) mass is 533 g/mol. The Labute approximate surface area is 244 Å². The Bertz CT molecular complexity index is 1090. The second-order valence-electron chi connectivity index (χ2n) is 18.7. The van der Waals surface area contributed by atoms with Gasteiger partial charge in [0.1, 0.15) is 0 Å². The molecule has 0 heteroatoms. The third-order valence-electron chi connectivity index (χ3n) is 8.20. The SMILES string of the molecule is CC(Cc1cc(C(C)(C)C)c(C(C)(C)C)c(C(C)(C)C)c1)c1cc(C(C)(C)C)c(C(C)(C)C)c(C(C)(C)C)c1. The van der Waals surface area contributed by atoms with E-state index in [9.17, 15) is 0 Å². The Morgan fingerprint density at radius 3 is 0.897 bits per heavy atom. The minimum atomic E-state index is 0.0888. The Morgan fingerprint density at radius 2 is 0.667 bits per heavy atom. The molecule has 0 radical (unpaired) electrons. The van der Waals surface area contributed by atoms with Gasteiger partial charge in [0.05, 0.1) is 0 Å². The lowest BCUT2D eigenvalue weighted by molar-refractivity contribution is 0.494. The largest absolute Gasteiger partial charge is 0.0581 e. The van der Waals surface area contributed by atoms with Crippen LogP contribution in [0.15, 0.2) is 24.3 Å². The van der Waals surface area contributed by atoms with Crippen molar-refractivity contribution in [2.75, 3.05) is 0 Å². The third kappa shape index (κ3) is 7.80. The van der Waals surface area contributed by atoms with Crippen LogP contribution in [-0.4, -0.2) is 0 Å². The molecule has 0 aromatic heterocycles. The highest BCUT2D eigenvalue weighted by Crippen LogP contribution is 2.45. The molecular formula is C39H64. The average molecular weight is 533 g/mol. The summed E-state index contributed by atoms with van der Waals surface area (Å²) in [4.78, 5) is 0. The Balaban J connectivity index is 2.84. The van der Waals surface area contributed by atoms with Crippen molar-refractivity contribution < 1.29 is 0 Å². The Morgan fingerprint density at radius 1 is 0.410 bits per heavy atom. The minimum absolute atomic E-state index is 0.0888. The molecule has 1 atom stereocenters. The molecule has 0 bridgehead atoms. The molecule has 0 spiro atoms. The van der Waals surface area contributed by atoms with Crippen molar-refractivity contribution in [3.05, 3.63) is 68.8 Å². The van der Waals surface area contributed by atoms with Crippen molar-refractivity contribution in [1.29, 1.82) is 0 Å². The van der Waals surface area contributed by atoms with Gasteiger partial charge in [-0.25, -0.2) is 0 Å². The molecule has 0 aliphatic heterocycles. The summed E-state index contributed by atoms with van der Waals surface area (Å²) in [6, 6.07) is 10.2. The van der Waals surface area contributed by atoms with E-state index in [4.69, 9.17) is 0 Å². The van der Waals surface area contributed by atoms with E-state index in [0.29, 0.717) is 5.92 Å². The maximum Gasteiger partial charge on any atom is -0.0126 e. The normalized spacial score (nSPS) is 15.1. The molecule has 2 aromatic carbocycles. The molecule has 0 saturated carbocycles. The number of benzene rings is 2. The van der Waals surface area contributed by atoms with Crippen LogP contribution in [0.2, 0.25) is 0 Å². The number of rotatable bonds is 3. The minimum Gasteiger partial charge on any atom is -0.0581 e. The first kappa shape index (κ1) is 33.6. The highest BCUT2D eigenvalue weighted by Gasteiger charge is 2.34. The van der Waals surface area contributed by atoms with Crippen LogP contribution in [0, 0.1) is 0 Å². The van der Waals surface area contributed by atoms with Gasteiger partial charge < -0.3 is 0 Å². The molecule has 2 aromatic rings. The average Bonchev–Trinajstić information content (AvgIpc) is 2.68. The topological polar surface area (TPSA) is 0 Å². The first-order chi connectivity index (χ1) is 17.1. The van der Waals surface area contributed by atoms with Gasteiger partial charge in [-0.05, 0) is 89.3 Å². The van der Waals surface area contributed by atoms with Crippen molar-refractivity contribution in [3.63, 3.8) is 0 Å². The van der Waals surface area contributed by atoms with Crippen molar-refractivity contribution in [1.82, 2.24) is 0 Å². The Kier molecular flexibility index (Phi) is 8.94. The Hall–Kier alpha value is -1.56. The van der Waals surface area contributed by atoms with Gasteiger partial charge in [-0.2, -0.15) is 0 Å². The lowest BCUT2D eigenvalue weighted by Gasteiger charge is -2.38. The smallest absolute Gasteiger partial charge is 0.0126 e. The first-order valence-electron chi connectivity index (χ1n) is 15.4. The zero-order valence-corrected chi connectivity index (χ0v) is 29.6. The highest BCUT2D eigenvalue weighted by atomic mass is 14.4. The number of hydrogen-bond acceptors (Lipinski definition) is 0. The molecule has 220 valence electrons. The molecule has 0 heterocycles. The summed E-state index contributed by atoms with van der Waals surface area (Å²) >= 11 is 0. The molecular weight excluding hydrogens is 468 g/mol. The fraction of sp³-hybridized carbons (Fsp3) is 0.692. The zero-order valence-electron chi connectivity index (χ0n) is 29.6. The maximum absolute atomic E-state index is 2.55. The summed E-state index contributed by atoms with van der Waals surface area (Å²) in [5.41, 5.74) is 12.6. The quantitative estimate of drug-likeness (QED) is 0.369. The lowest BCUT2D eigenvalue weighted by atomic mass is 9.67. The van der Waals surface area contributed by atoms with E-state index >= 15 is 0 Å². The molecule has 0 nitrogen and oxygen atoms in total. The third-order valence-corrected chi connectivity index (χ3v) is 8.20. The molecule has 0 aliphatic carbocycles. The van der Waals surface area contributed by atoms with Crippen molar-refractivity contribution in [2.45, 2.75) is 176 Å². The van der Waals surface area contributed by atoms with Crippen LogP contribution >= 0.6 is 0 Å². The fourth-order valence-corrected chi connectivity index (χ4v) is 6.22. The fourth-order valence-electron chi connectivity index (χ4n) is 6.22. The number of hydrogen-bond donors (Lipinski definition) is 0. The molecule has 0 fully saturated rings. The summed E-state index contributed by atoms with van der Waals surface area (Å²) in [7, 11) is 0. The van der Waals surface area contributed by atoms with Crippen LogP contribution in [-0.2, 0) is 38.9 Å². The summed E-state index contributed by atoms with van der Waals surface area (Å²) in [6.07, 6.45) is 1.05. The first-order valence-corrected chi connectivity index (χ1v) is 15.4. The van der Waals surface area contributed by atoms with Crippen LogP contribution in [0.25, 0.3) is 0 Å². The van der Waals surface area contributed by atoms with E-state index in [1.54, 1.807) is 5.56 Å². The van der Waals surface area contributed by atoms with Gasteiger partial charge >= 0.3 is 0 Å². The van der Waals surface area contributed by atoms with Gasteiger partial charge in [0.2, 0.25) is 0 Å². The van der Waals surface area contributed by atoms with Gasteiger partial charge in [-0.1, -0.05) is 156 Å². The second kappa shape index (κ2) is 10.4. The molecule has 1 unspecified atom stereocenters. The van der Waals surface area contributed by atoms with Gasteiger partial charge in [0.25, 0.3) is 0 Å². The predicted molar refractivity (Wildman–Crippen MR) is 177 cm³/mol. The molecule has 0 amide bonds. The van der Waals surface area contributed by atoms with Crippen LogP contribution in [0.4, 0.5) is 0 Å². The summed E-state index contributed by atoms with van der Waals surface area (Å²) in [6.45, 7) is 45.3. The molecule has 0 N–H and O–H groups in total. The van der Waals surface area contributed by atoms with Gasteiger partial charge in [0.15, 0.2) is 0 Å². The van der Waals surface area contributed by atoms with Crippen LogP contribution in [0.5, 0.6) is 0 Å². The zero-order chi connectivity index (χ0) is 30.7. The lowest BCUT2D eigenvalue weighted by Crippen LogP contribution is -2.29. The van der Waals surface area contributed by atoms with Gasteiger partial charge in [-0.3, -0.25) is 0 Å². The molecule has 2 rings (SSSR count). The van der Waals surface area contributed by atoms with E-state index < -0.39 is 0 Å². The second-order valence-corrected chi connectivity index (χ2v) is 18.7. The molecule has 0 saturated heterocycles. The van der Waals surface area contributed by atoms with E-state index in [-0.39, 0.29) is 32.5 Å². The van der Waals surface area contributed by atoms with E-state index in [2.05, 4.69) is 156 Å². The predicted octanol–water partition coefficient (Wildman–Crippen LogP) is 11.8. The summed E-state index contributed by atoms with van der Waals surface area (Å²) in [5.74, 6) is 0.433. The van der Waals surface area contributed by atoms with Crippen LogP contribution in [0.3, 0.4) is 0 Å². The van der Waals surface area contributed by atoms with Gasteiger partial charge in [0, 0.05) is 0 Å². The van der Waals surface area contributed by atoms with Crippen LogP contribution < -0.4 is 0 Å². The van der Waals surface area contributed by atoms with Crippen molar-refractivity contribution in [3.8, 4) is 0 Å². The highest BCUT2D eigenvalue weighted by molar-refractivity contribution is 5.52. The molecule has 39 heavy (non-hydrogen) atoms. The molecule has 0 aliphatic rings. The van der Waals surface area contributed by atoms with Crippen LogP contribution in [0.1, 0.15) is 182 Å². The van der Waals surface area contributed by atoms with Crippen molar-refractivity contribution in [2.24, 2.45) is 0 Å². The standard InChI is InChI=1S/C39H64/c1-25(27-23-30(36(8,9)10)33(39(17,18)19)31(24-27)37(11,12)13)20-26-21-28(34(2,3)4)32(38(14,15)16)29(22-26)35(5,6)7/h21-25H,20H2,1-19H3. The van der Waals surface area contributed by atoms with Gasteiger partial charge in [-0.15, -0.1) is 0 Å². The van der Waals surface area contributed by atoms with Crippen molar-refractivity contribution >= 4 is 0 Å². The van der Waals surface area contributed by atoms with E-state index in [1.807, 2.05) is 0 Å². The van der Waals surface area contributed by atoms with E-state index in [0.717, 1.165) is 6.42 Å². The summed E-state index contributed by atoms with van der Waals surface area (Å²) in [5, 5.41) is 0.